The molecule has 0 aliphatic carbocycles. The summed E-state index contributed by atoms with van der Waals surface area (Å²) in [4.78, 5) is 4.37. The van der Waals surface area contributed by atoms with Gasteiger partial charge in [0.25, 0.3) is 0 Å². The van der Waals surface area contributed by atoms with Crippen LogP contribution >= 0.6 is 15.9 Å². The van der Waals surface area contributed by atoms with Gasteiger partial charge in [0, 0.05) is 24.9 Å². The molecule has 1 aliphatic rings. The lowest BCUT2D eigenvalue weighted by molar-refractivity contribution is 0.0391. The standard InChI is InChI=1S/C13H17BrN4O2/c14-10-6-16-18-4-3-15-13(12(10)18)17-11(7-19)9-2-1-5-20-8-9/h3-4,6,9,11,19H,1-2,5,7-8H2,(H,15,17). The molecular weight excluding hydrogens is 324 g/mol. The minimum Gasteiger partial charge on any atom is -0.394 e. The van der Waals surface area contributed by atoms with Gasteiger partial charge in [-0.1, -0.05) is 0 Å². The number of rotatable bonds is 4. The van der Waals surface area contributed by atoms with Crippen molar-refractivity contribution in [3.8, 4) is 0 Å². The number of ether oxygens (including phenoxy) is 1. The zero-order valence-electron chi connectivity index (χ0n) is 11.0. The molecule has 6 nitrogen and oxygen atoms in total. The Morgan fingerprint density at radius 2 is 2.50 bits per heavy atom. The summed E-state index contributed by atoms with van der Waals surface area (Å²) in [6.07, 6.45) is 7.32. The molecule has 2 N–H and O–H groups in total. The molecule has 0 saturated carbocycles. The van der Waals surface area contributed by atoms with Gasteiger partial charge in [-0.05, 0) is 28.8 Å². The van der Waals surface area contributed by atoms with Crippen molar-refractivity contribution in [3.05, 3.63) is 23.1 Å². The van der Waals surface area contributed by atoms with Crippen LogP contribution in [0.3, 0.4) is 0 Å². The van der Waals surface area contributed by atoms with Crippen LogP contribution in [-0.4, -0.2) is 45.6 Å². The molecule has 2 atom stereocenters. The second kappa shape index (κ2) is 6.07. The SMILES string of the molecule is OCC(Nc1nccn2ncc(Br)c12)C1CCCOC1. The van der Waals surface area contributed by atoms with Gasteiger partial charge in [-0.15, -0.1) is 0 Å². The molecule has 0 bridgehead atoms. The van der Waals surface area contributed by atoms with Gasteiger partial charge in [-0.2, -0.15) is 5.10 Å². The van der Waals surface area contributed by atoms with E-state index in [1.165, 1.54) is 0 Å². The Labute approximate surface area is 125 Å². The van der Waals surface area contributed by atoms with E-state index in [0.29, 0.717) is 12.5 Å². The van der Waals surface area contributed by atoms with E-state index in [4.69, 9.17) is 4.74 Å². The number of fused-ring (bicyclic) bond motifs is 1. The number of aliphatic hydroxyl groups is 1. The normalized spacial score (nSPS) is 21.0. The number of anilines is 1. The number of hydrogen-bond donors (Lipinski definition) is 2. The molecule has 108 valence electrons. The molecule has 7 heteroatoms. The highest BCUT2D eigenvalue weighted by molar-refractivity contribution is 9.10. The summed E-state index contributed by atoms with van der Waals surface area (Å²) in [5, 5.41) is 17.2. The molecule has 0 aromatic carbocycles. The highest BCUT2D eigenvalue weighted by Crippen LogP contribution is 2.26. The fourth-order valence-corrected chi connectivity index (χ4v) is 3.05. The van der Waals surface area contributed by atoms with Crippen LogP contribution in [-0.2, 0) is 4.74 Å². The largest absolute Gasteiger partial charge is 0.394 e. The maximum atomic E-state index is 9.65. The molecule has 1 saturated heterocycles. The smallest absolute Gasteiger partial charge is 0.153 e. The van der Waals surface area contributed by atoms with Gasteiger partial charge >= 0.3 is 0 Å². The van der Waals surface area contributed by atoms with E-state index in [1.807, 2.05) is 0 Å². The number of nitrogens with zero attached hydrogens (tertiary/aromatic N) is 3. The Bertz CT molecular complexity index is 583. The van der Waals surface area contributed by atoms with Crippen LogP contribution in [0.2, 0.25) is 0 Å². The summed E-state index contributed by atoms with van der Waals surface area (Å²) in [7, 11) is 0. The first-order chi connectivity index (χ1) is 9.79. The van der Waals surface area contributed by atoms with Crippen LogP contribution < -0.4 is 5.32 Å². The Kier molecular flexibility index (Phi) is 4.18. The number of hydrogen-bond acceptors (Lipinski definition) is 5. The van der Waals surface area contributed by atoms with Gasteiger partial charge in [0.2, 0.25) is 0 Å². The summed E-state index contributed by atoms with van der Waals surface area (Å²) in [6, 6.07) is -0.0594. The Hall–Kier alpha value is -1.18. The first kappa shape index (κ1) is 13.8. The summed E-state index contributed by atoms with van der Waals surface area (Å²) in [5.41, 5.74) is 0.877. The fourth-order valence-electron chi connectivity index (χ4n) is 2.58. The average Bonchev–Trinajstić information content (AvgIpc) is 2.88. The molecule has 0 radical (unpaired) electrons. The lowest BCUT2D eigenvalue weighted by Crippen LogP contribution is -2.38. The van der Waals surface area contributed by atoms with Crippen molar-refractivity contribution in [3.63, 3.8) is 0 Å². The highest BCUT2D eigenvalue weighted by Gasteiger charge is 2.25. The molecule has 2 aromatic heterocycles. The molecule has 0 amide bonds. The van der Waals surface area contributed by atoms with E-state index in [9.17, 15) is 5.11 Å². The predicted molar refractivity (Wildman–Crippen MR) is 78.7 cm³/mol. The Morgan fingerprint density at radius 3 is 3.25 bits per heavy atom. The number of halogens is 1. The zero-order valence-corrected chi connectivity index (χ0v) is 12.6. The van der Waals surface area contributed by atoms with Crippen molar-refractivity contribution in [1.29, 1.82) is 0 Å². The van der Waals surface area contributed by atoms with Crippen LogP contribution in [0.5, 0.6) is 0 Å². The maximum absolute atomic E-state index is 9.65. The summed E-state index contributed by atoms with van der Waals surface area (Å²) < 4.78 is 8.13. The monoisotopic (exact) mass is 340 g/mol. The van der Waals surface area contributed by atoms with Gasteiger partial charge in [-0.3, -0.25) is 0 Å². The van der Waals surface area contributed by atoms with E-state index >= 15 is 0 Å². The molecule has 3 heterocycles. The van der Waals surface area contributed by atoms with Crippen molar-refractivity contribution >= 4 is 27.3 Å². The lowest BCUT2D eigenvalue weighted by atomic mass is 9.94. The third-order valence-corrected chi connectivity index (χ3v) is 4.25. The van der Waals surface area contributed by atoms with Crippen LogP contribution in [0, 0.1) is 5.92 Å². The topological polar surface area (TPSA) is 71.7 Å². The van der Waals surface area contributed by atoms with Gasteiger partial charge in [0.15, 0.2) is 5.82 Å². The average molecular weight is 341 g/mol. The molecule has 2 unspecified atom stereocenters. The van der Waals surface area contributed by atoms with E-state index < -0.39 is 0 Å². The van der Waals surface area contributed by atoms with Crippen molar-refractivity contribution in [1.82, 2.24) is 14.6 Å². The first-order valence-electron chi connectivity index (χ1n) is 6.72. The van der Waals surface area contributed by atoms with Gasteiger partial charge < -0.3 is 15.2 Å². The van der Waals surface area contributed by atoms with Crippen LogP contribution in [0.1, 0.15) is 12.8 Å². The summed E-state index contributed by atoms with van der Waals surface area (Å²) in [5.74, 6) is 1.03. The van der Waals surface area contributed by atoms with Crippen molar-refractivity contribution < 1.29 is 9.84 Å². The predicted octanol–water partition coefficient (Wildman–Crippen LogP) is 1.69. The van der Waals surface area contributed by atoms with E-state index in [-0.39, 0.29) is 12.6 Å². The van der Waals surface area contributed by atoms with E-state index in [0.717, 1.165) is 35.3 Å². The quantitative estimate of drug-likeness (QED) is 0.886. The maximum Gasteiger partial charge on any atom is 0.153 e. The van der Waals surface area contributed by atoms with E-state index in [2.05, 4.69) is 31.3 Å². The molecule has 2 aromatic rings. The molecule has 3 rings (SSSR count). The number of aromatic nitrogens is 3. The second-order valence-electron chi connectivity index (χ2n) is 4.97. The van der Waals surface area contributed by atoms with Crippen LogP contribution in [0.25, 0.3) is 5.52 Å². The molecule has 0 spiro atoms. The Morgan fingerprint density at radius 1 is 1.60 bits per heavy atom. The summed E-state index contributed by atoms with van der Waals surface area (Å²) in [6.45, 7) is 1.56. The van der Waals surface area contributed by atoms with Crippen LogP contribution in [0.4, 0.5) is 5.82 Å². The van der Waals surface area contributed by atoms with Crippen LogP contribution in [0.15, 0.2) is 23.1 Å². The molecule has 1 fully saturated rings. The minimum atomic E-state index is -0.0594. The first-order valence-corrected chi connectivity index (χ1v) is 7.52. The van der Waals surface area contributed by atoms with Crippen molar-refractivity contribution in [2.45, 2.75) is 18.9 Å². The van der Waals surface area contributed by atoms with Crippen molar-refractivity contribution in [2.75, 3.05) is 25.1 Å². The van der Waals surface area contributed by atoms with Gasteiger partial charge in [0.05, 0.1) is 29.9 Å². The zero-order chi connectivity index (χ0) is 13.9. The number of nitrogens with one attached hydrogen (secondary N) is 1. The molecule has 1 aliphatic heterocycles. The lowest BCUT2D eigenvalue weighted by Gasteiger charge is -2.30. The third-order valence-electron chi connectivity index (χ3n) is 3.67. The van der Waals surface area contributed by atoms with Crippen molar-refractivity contribution in [2.24, 2.45) is 5.92 Å². The molecule has 20 heavy (non-hydrogen) atoms. The van der Waals surface area contributed by atoms with Gasteiger partial charge in [-0.25, -0.2) is 9.50 Å². The second-order valence-corrected chi connectivity index (χ2v) is 5.83. The highest BCUT2D eigenvalue weighted by atomic mass is 79.9. The Balaban J connectivity index is 1.85. The molecular formula is C13H17BrN4O2. The third kappa shape index (κ3) is 2.65. The van der Waals surface area contributed by atoms with E-state index in [1.54, 1.807) is 23.1 Å². The minimum absolute atomic E-state index is 0.0581. The summed E-state index contributed by atoms with van der Waals surface area (Å²) >= 11 is 3.48. The van der Waals surface area contributed by atoms with Gasteiger partial charge in [0.1, 0.15) is 5.52 Å². The fraction of sp³-hybridized carbons (Fsp3) is 0.538. The number of aliphatic hydroxyl groups excluding tert-OH is 1.